The van der Waals surface area contributed by atoms with Crippen molar-refractivity contribution in [3.8, 4) is 0 Å². The molecule has 0 fully saturated rings. The molecule has 0 aliphatic rings. The molecule has 1 aromatic carbocycles. The fourth-order valence-electron chi connectivity index (χ4n) is 1.13. The van der Waals surface area contributed by atoms with Gasteiger partial charge in [0.15, 0.2) is 12.5 Å². The molecule has 0 unspecified atom stereocenters. The largest absolute Gasteiger partial charge is 0.291 e. The first kappa shape index (κ1) is 9.90. The summed E-state index contributed by atoms with van der Waals surface area (Å²) in [6, 6.07) is 7.09. The summed E-state index contributed by atoms with van der Waals surface area (Å²) in [6.07, 6.45) is 0. The Labute approximate surface area is 77.6 Å². The van der Waals surface area contributed by atoms with E-state index in [1.807, 2.05) is 12.1 Å². The van der Waals surface area contributed by atoms with Gasteiger partial charge in [0.05, 0.1) is 0 Å². The molecular weight excluding hydrogens is 167 g/mol. The summed E-state index contributed by atoms with van der Waals surface area (Å²) in [5.41, 5.74) is 1.61. The molecule has 13 heavy (non-hydrogen) atoms. The van der Waals surface area contributed by atoms with Gasteiger partial charge < -0.3 is 0 Å². The van der Waals surface area contributed by atoms with Crippen LogP contribution in [0.25, 0.3) is 0 Å². The summed E-state index contributed by atoms with van der Waals surface area (Å²) in [4.78, 5) is 10.9. The highest BCUT2D eigenvalue weighted by molar-refractivity contribution is 5.96. The van der Waals surface area contributed by atoms with Crippen LogP contribution in [-0.2, 0) is 0 Å². The topological polar surface area (TPSA) is 17.1 Å². The second-order valence-electron chi connectivity index (χ2n) is 3.33. The molecule has 0 spiro atoms. The predicted molar refractivity (Wildman–Crippen MR) is 50.8 cm³/mol. The third-order valence-corrected chi connectivity index (χ3v) is 2.02. The van der Waals surface area contributed by atoms with Crippen LogP contribution in [0, 0.1) is 0 Å². The van der Waals surface area contributed by atoms with E-state index in [1.165, 1.54) is 0 Å². The van der Waals surface area contributed by atoms with Crippen molar-refractivity contribution in [2.45, 2.75) is 19.8 Å². The van der Waals surface area contributed by atoms with Gasteiger partial charge in [-0.3, -0.25) is 4.79 Å². The molecule has 1 rings (SSSR count). The lowest BCUT2D eigenvalue weighted by Gasteiger charge is -2.04. The van der Waals surface area contributed by atoms with Gasteiger partial charge >= 0.3 is 0 Å². The quantitative estimate of drug-likeness (QED) is 0.653. The molecule has 2 heteroatoms. The molecule has 0 heterocycles. The number of Topliss-reactive ketones (excluding diaryl/α,β-unsaturated/α-hetero) is 1. The number of ketones is 1. The summed E-state index contributed by atoms with van der Waals surface area (Å²) >= 11 is 0. The second-order valence-corrected chi connectivity index (χ2v) is 3.33. The molecule has 1 nitrogen and oxygen atoms in total. The second kappa shape index (κ2) is 4.17. The standard InChI is InChI=1S/C11H13FO/c1-8(2)9-3-5-10(6-4-9)11(13)7-12/h3-6,8H,7H2,1-2H3. The molecule has 0 aliphatic heterocycles. The van der Waals surface area contributed by atoms with Crippen LogP contribution in [0.3, 0.4) is 0 Å². The minimum absolute atomic E-state index is 0.439. The molecule has 0 N–H and O–H groups in total. The van der Waals surface area contributed by atoms with Crippen LogP contribution in [0.1, 0.15) is 35.7 Å². The summed E-state index contributed by atoms with van der Waals surface area (Å²) in [7, 11) is 0. The smallest absolute Gasteiger partial charge is 0.193 e. The summed E-state index contributed by atoms with van der Waals surface area (Å²) < 4.78 is 12.0. The Kier molecular flexibility index (Phi) is 3.18. The third-order valence-electron chi connectivity index (χ3n) is 2.02. The van der Waals surface area contributed by atoms with Gasteiger partial charge in [-0.15, -0.1) is 0 Å². The average molecular weight is 180 g/mol. The number of carbonyl (C=O) groups is 1. The van der Waals surface area contributed by atoms with E-state index in [0.717, 1.165) is 5.56 Å². The molecule has 0 atom stereocenters. The van der Waals surface area contributed by atoms with E-state index in [4.69, 9.17) is 0 Å². The molecular formula is C11H13FO. The Hall–Kier alpha value is -1.18. The SMILES string of the molecule is CC(C)c1ccc(C(=O)CF)cc1. The number of carbonyl (C=O) groups excluding carboxylic acids is 1. The molecule has 0 bridgehead atoms. The van der Waals surface area contributed by atoms with Gasteiger partial charge in [-0.1, -0.05) is 38.1 Å². The lowest BCUT2D eigenvalue weighted by Crippen LogP contribution is -2.00. The van der Waals surface area contributed by atoms with E-state index in [9.17, 15) is 9.18 Å². The fourth-order valence-corrected chi connectivity index (χ4v) is 1.13. The molecule has 1 aromatic rings. The maximum Gasteiger partial charge on any atom is 0.193 e. The number of hydrogen-bond acceptors (Lipinski definition) is 1. The molecule has 0 saturated carbocycles. The minimum Gasteiger partial charge on any atom is -0.291 e. The Morgan fingerprint density at radius 1 is 1.31 bits per heavy atom. The van der Waals surface area contributed by atoms with Crippen LogP contribution in [0.2, 0.25) is 0 Å². The Balaban J connectivity index is 2.87. The molecule has 70 valence electrons. The van der Waals surface area contributed by atoms with Gasteiger partial charge in [0.2, 0.25) is 0 Å². The lowest BCUT2D eigenvalue weighted by atomic mass is 10.0. The maximum atomic E-state index is 12.0. The van der Waals surface area contributed by atoms with Gasteiger partial charge in [0.1, 0.15) is 0 Å². The summed E-state index contributed by atoms with van der Waals surface area (Å²) in [5.74, 6) is -0.00941. The van der Waals surface area contributed by atoms with E-state index in [0.29, 0.717) is 11.5 Å². The van der Waals surface area contributed by atoms with Crippen LogP contribution < -0.4 is 0 Å². The van der Waals surface area contributed by atoms with Crippen molar-refractivity contribution in [3.63, 3.8) is 0 Å². The zero-order valence-corrected chi connectivity index (χ0v) is 7.88. The van der Waals surface area contributed by atoms with Crippen molar-refractivity contribution in [2.24, 2.45) is 0 Å². The zero-order chi connectivity index (χ0) is 9.84. The van der Waals surface area contributed by atoms with Gasteiger partial charge in [-0.25, -0.2) is 4.39 Å². The van der Waals surface area contributed by atoms with E-state index in [2.05, 4.69) is 13.8 Å². The maximum absolute atomic E-state index is 12.0. The van der Waals surface area contributed by atoms with Gasteiger partial charge in [-0.05, 0) is 11.5 Å². The summed E-state index contributed by atoms with van der Waals surface area (Å²) in [5, 5.41) is 0. The first-order valence-electron chi connectivity index (χ1n) is 4.34. The van der Waals surface area contributed by atoms with Crippen molar-refractivity contribution in [3.05, 3.63) is 35.4 Å². The van der Waals surface area contributed by atoms with Crippen molar-refractivity contribution in [2.75, 3.05) is 6.67 Å². The molecule has 0 amide bonds. The number of hydrogen-bond donors (Lipinski definition) is 0. The number of halogens is 1. The van der Waals surface area contributed by atoms with E-state index >= 15 is 0 Å². The monoisotopic (exact) mass is 180 g/mol. The highest BCUT2D eigenvalue weighted by Crippen LogP contribution is 2.14. The Morgan fingerprint density at radius 2 is 1.85 bits per heavy atom. The number of benzene rings is 1. The Morgan fingerprint density at radius 3 is 2.23 bits per heavy atom. The molecule has 0 aromatic heterocycles. The van der Waals surface area contributed by atoms with Crippen molar-refractivity contribution < 1.29 is 9.18 Å². The molecule has 0 saturated heterocycles. The van der Waals surface area contributed by atoms with Crippen molar-refractivity contribution in [1.82, 2.24) is 0 Å². The molecule has 0 aliphatic carbocycles. The van der Waals surface area contributed by atoms with Crippen molar-refractivity contribution in [1.29, 1.82) is 0 Å². The summed E-state index contributed by atoms with van der Waals surface area (Å²) in [6.45, 7) is 3.24. The first-order valence-corrected chi connectivity index (χ1v) is 4.34. The van der Waals surface area contributed by atoms with E-state index in [-0.39, 0.29) is 0 Å². The number of alkyl halides is 1. The number of rotatable bonds is 3. The van der Waals surface area contributed by atoms with E-state index in [1.54, 1.807) is 12.1 Å². The van der Waals surface area contributed by atoms with Crippen LogP contribution in [0.4, 0.5) is 4.39 Å². The fraction of sp³-hybridized carbons (Fsp3) is 0.364. The van der Waals surface area contributed by atoms with Crippen LogP contribution >= 0.6 is 0 Å². The van der Waals surface area contributed by atoms with Crippen LogP contribution in [-0.4, -0.2) is 12.5 Å². The van der Waals surface area contributed by atoms with E-state index < -0.39 is 12.5 Å². The Bertz CT molecular complexity index is 287. The van der Waals surface area contributed by atoms with Crippen LogP contribution in [0.5, 0.6) is 0 Å². The van der Waals surface area contributed by atoms with Crippen LogP contribution in [0.15, 0.2) is 24.3 Å². The average Bonchev–Trinajstić information content (AvgIpc) is 2.17. The molecule has 0 radical (unpaired) electrons. The highest BCUT2D eigenvalue weighted by atomic mass is 19.1. The predicted octanol–water partition coefficient (Wildman–Crippen LogP) is 2.96. The van der Waals surface area contributed by atoms with Crippen molar-refractivity contribution >= 4 is 5.78 Å². The third kappa shape index (κ3) is 2.38. The first-order chi connectivity index (χ1) is 6.15. The van der Waals surface area contributed by atoms with Gasteiger partial charge in [0.25, 0.3) is 0 Å². The highest BCUT2D eigenvalue weighted by Gasteiger charge is 2.05. The zero-order valence-electron chi connectivity index (χ0n) is 7.88. The normalized spacial score (nSPS) is 10.5. The lowest BCUT2D eigenvalue weighted by molar-refractivity contribution is 0.0958. The van der Waals surface area contributed by atoms with Gasteiger partial charge in [-0.2, -0.15) is 0 Å². The van der Waals surface area contributed by atoms with Gasteiger partial charge in [0, 0.05) is 5.56 Å². The minimum atomic E-state index is -0.916.